The van der Waals surface area contributed by atoms with Gasteiger partial charge in [0.15, 0.2) is 0 Å². The van der Waals surface area contributed by atoms with E-state index in [4.69, 9.17) is 21.4 Å². The summed E-state index contributed by atoms with van der Waals surface area (Å²) in [5, 5.41) is 9.32. The first-order valence-corrected chi connectivity index (χ1v) is 5.02. The monoisotopic (exact) mass is 250 g/mol. The number of aromatic nitrogens is 2. The van der Waals surface area contributed by atoms with Gasteiger partial charge in [0.2, 0.25) is 0 Å². The Hall–Kier alpha value is -2.14. The van der Waals surface area contributed by atoms with Crippen LogP contribution < -0.4 is 4.74 Å². The van der Waals surface area contributed by atoms with Crippen LogP contribution in [0, 0.1) is 0 Å². The molecule has 0 amide bonds. The molecule has 2 rings (SSSR count). The molecule has 86 valence electrons. The highest BCUT2D eigenvalue weighted by atomic mass is 35.5. The molecule has 1 N–H and O–H groups in total. The summed E-state index contributed by atoms with van der Waals surface area (Å²) in [6, 6.07) is 6.29. The number of rotatable bonds is 3. The van der Waals surface area contributed by atoms with Crippen LogP contribution in [0.15, 0.2) is 36.7 Å². The molecule has 0 bridgehead atoms. The Kier molecular flexibility index (Phi) is 3.20. The van der Waals surface area contributed by atoms with E-state index in [-0.39, 0.29) is 17.3 Å². The van der Waals surface area contributed by atoms with Crippen molar-refractivity contribution in [3.8, 4) is 11.8 Å². The molecule has 5 nitrogen and oxygen atoms in total. The molecule has 1 heterocycles. The predicted octanol–water partition coefficient (Wildman–Crippen LogP) is 2.62. The van der Waals surface area contributed by atoms with Crippen molar-refractivity contribution in [2.75, 3.05) is 0 Å². The molecule has 0 saturated heterocycles. The summed E-state index contributed by atoms with van der Waals surface area (Å²) in [4.78, 5) is 18.6. The van der Waals surface area contributed by atoms with Gasteiger partial charge in [-0.3, -0.25) is 0 Å². The zero-order chi connectivity index (χ0) is 12.3. The van der Waals surface area contributed by atoms with Crippen LogP contribution in [-0.2, 0) is 0 Å². The molecule has 0 saturated carbocycles. The fourth-order valence-electron chi connectivity index (χ4n) is 1.18. The predicted molar refractivity (Wildman–Crippen MR) is 60.5 cm³/mol. The molecule has 0 radical (unpaired) electrons. The van der Waals surface area contributed by atoms with Gasteiger partial charge >= 0.3 is 12.0 Å². The van der Waals surface area contributed by atoms with E-state index >= 15 is 0 Å². The van der Waals surface area contributed by atoms with E-state index < -0.39 is 5.97 Å². The van der Waals surface area contributed by atoms with Gasteiger partial charge in [-0.2, -0.15) is 0 Å². The Labute approximate surface area is 102 Å². The third kappa shape index (κ3) is 2.70. The summed E-state index contributed by atoms with van der Waals surface area (Å²) in [6.07, 6.45) is 2.74. The lowest BCUT2D eigenvalue weighted by molar-refractivity contribution is 0.0694. The summed E-state index contributed by atoms with van der Waals surface area (Å²) in [5.41, 5.74) is 0.0473. The number of ether oxygens (including phenoxy) is 1. The van der Waals surface area contributed by atoms with Crippen LogP contribution >= 0.6 is 11.6 Å². The van der Waals surface area contributed by atoms with Gasteiger partial charge in [-0.05, 0) is 12.1 Å². The smallest absolute Gasteiger partial charge is 0.339 e. The van der Waals surface area contributed by atoms with E-state index in [0.717, 1.165) is 0 Å². The number of halogens is 1. The zero-order valence-electron chi connectivity index (χ0n) is 8.50. The third-order valence-corrected chi connectivity index (χ3v) is 2.11. The summed E-state index contributed by atoms with van der Waals surface area (Å²) in [7, 11) is 0. The number of carbonyl (C=O) groups is 1. The Morgan fingerprint density at radius 2 is 1.88 bits per heavy atom. The standard InChI is InChI=1S/C11H7ClN2O3/c12-7-5-13-11(14-6-7)17-9-4-2-1-3-8(9)10(15)16/h1-6H,(H,15,16). The first-order chi connectivity index (χ1) is 8.16. The molecule has 1 aromatic carbocycles. The van der Waals surface area contributed by atoms with Crippen molar-refractivity contribution in [2.45, 2.75) is 0 Å². The maximum Gasteiger partial charge on any atom is 0.339 e. The second-order valence-electron chi connectivity index (χ2n) is 3.09. The van der Waals surface area contributed by atoms with Gasteiger partial charge in [-0.25, -0.2) is 14.8 Å². The maximum absolute atomic E-state index is 10.9. The number of nitrogens with zero attached hydrogens (tertiary/aromatic N) is 2. The van der Waals surface area contributed by atoms with Crippen molar-refractivity contribution >= 4 is 17.6 Å². The quantitative estimate of drug-likeness (QED) is 0.907. The lowest BCUT2D eigenvalue weighted by Crippen LogP contribution is -2.00. The van der Waals surface area contributed by atoms with Crippen LogP contribution in [0.3, 0.4) is 0 Å². The van der Waals surface area contributed by atoms with E-state index in [1.807, 2.05) is 0 Å². The number of hydrogen-bond acceptors (Lipinski definition) is 4. The number of benzene rings is 1. The van der Waals surface area contributed by atoms with E-state index in [9.17, 15) is 4.79 Å². The van der Waals surface area contributed by atoms with E-state index in [1.54, 1.807) is 12.1 Å². The number of aromatic carboxylic acids is 1. The Morgan fingerprint density at radius 3 is 2.53 bits per heavy atom. The second kappa shape index (κ2) is 4.80. The number of carboxylic acids is 1. The van der Waals surface area contributed by atoms with Crippen molar-refractivity contribution in [3.05, 3.63) is 47.2 Å². The third-order valence-electron chi connectivity index (χ3n) is 1.92. The molecular weight excluding hydrogens is 244 g/mol. The van der Waals surface area contributed by atoms with Gasteiger partial charge in [0.1, 0.15) is 11.3 Å². The highest BCUT2D eigenvalue weighted by Crippen LogP contribution is 2.22. The molecule has 2 aromatic rings. The van der Waals surface area contributed by atoms with Gasteiger partial charge in [0.05, 0.1) is 17.4 Å². The highest BCUT2D eigenvalue weighted by Gasteiger charge is 2.11. The SMILES string of the molecule is O=C(O)c1ccccc1Oc1ncc(Cl)cn1. The van der Waals surface area contributed by atoms with Crippen molar-refractivity contribution in [1.82, 2.24) is 9.97 Å². The van der Waals surface area contributed by atoms with Crippen molar-refractivity contribution in [3.63, 3.8) is 0 Å². The molecule has 0 atom stereocenters. The molecule has 17 heavy (non-hydrogen) atoms. The summed E-state index contributed by atoms with van der Waals surface area (Å²) in [6.45, 7) is 0. The Balaban J connectivity index is 2.30. The first kappa shape index (κ1) is 11.3. The topological polar surface area (TPSA) is 72.3 Å². The van der Waals surface area contributed by atoms with Gasteiger partial charge in [-0.1, -0.05) is 23.7 Å². The summed E-state index contributed by atoms with van der Waals surface area (Å²) < 4.78 is 5.26. The normalized spacial score (nSPS) is 9.94. The minimum absolute atomic E-state index is 0.0445. The van der Waals surface area contributed by atoms with Crippen molar-refractivity contribution in [2.24, 2.45) is 0 Å². The van der Waals surface area contributed by atoms with Crippen LogP contribution in [0.5, 0.6) is 11.8 Å². The largest absolute Gasteiger partial charge is 0.478 e. The van der Waals surface area contributed by atoms with Crippen LogP contribution in [0.25, 0.3) is 0 Å². The average molecular weight is 251 g/mol. The van der Waals surface area contributed by atoms with Gasteiger partial charge < -0.3 is 9.84 Å². The molecule has 0 aliphatic rings. The van der Waals surface area contributed by atoms with Crippen molar-refractivity contribution < 1.29 is 14.6 Å². The molecule has 0 aliphatic heterocycles. The fourth-order valence-corrected chi connectivity index (χ4v) is 1.28. The average Bonchev–Trinajstić information content (AvgIpc) is 2.32. The zero-order valence-corrected chi connectivity index (χ0v) is 9.26. The minimum atomic E-state index is -1.07. The molecule has 0 spiro atoms. The molecular formula is C11H7ClN2O3. The maximum atomic E-state index is 10.9. The molecule has 1 aromatic heterocycles. The van der Waals surface area contributed by atoms with Crippen LogP contribution in [0.2, 0.25) is 5.02 Å². The Bertz CT molecular complexity index is 543. The molecule has 0 unspecified atom stereocenters. The number of hydrogen-bond donors (Lipinski definition) is 1. The van der Waals surface area contributed by atoms with Gasteiger partial charge in [0, 0.05) is 0 Å². The molecule has 0 fully saturated rings. The molecule has 6 heteroatoms. The van der Waals surface area contributed by atoms with Crippen LogP contribution in [0.4, 0.5) is 0 Å². The molecule has 0 aliphatic carbocycles. The van der Waals surface area contributed by atoms with E-state index in [2.05, 4.69) is 9.97 Å². The van der Waals surface area contributed by atoms with E-state index in [1.165, 1.54) is 24.5 Å². The van der Waals surface area contributed by atoms with Crippen molar-refractivity contribution in [1.29, 1.82) is 0 Å². The summed E-state index contributed by atoms with van der Waals surface area (Å²) >= 11 is 5.62. The summed E-state index contributed by atoms with van der Waals surface area (Å²) in [5.74, 6) is -0.892. The number of para-hydroxylation sites is 1. The lowest BCUT2D eigenvalue weighted by Gasteiger charge is -2.06. The van der Waals surface area contributed by atoms with Gasteiger partial charge in [0.25, 0.3) is 0 Å². The number of carboxylic acid groups (broad SMARTS) is 1. The van der Waals surface area contributed by atoms with Crippen LogP contribution in [-0.4, -0.2) is 21.0 Å². The van der Waals surface area contributed by atoms with E-state index in [0.29, 0.717) is 5.02 Å². The minimum Gasteiger partial charge on any atom is -0.478 e. The first-order valence-electron chi connectivity index (χ1n) is 4.64. The second-order valence-corrected chi connectivity index (χ2v) is 3.52. The lowest BCUT2D eigenvalue weighted by atomic mass is 10.2. The fraction of sp³-hybridized carbons (Fsp3) is 0. The van der Waals surface area contributed by atoms with Gasteiger partial charge in [-0.15, -0.1) is 0 Å². The van der Waals surface area contributed by atoms with Crippen LogP contribution in [0.1, 0.15) is 10.4 Å². The highest BCUT2D eigenvalue weighted by molar-refractivity contribution is 6.30. The Morgan fingerprint density at radius 1 is 1.24 bits per heavy atom.